The molecule has 1 saturated heterocycles. The second-order valence-corrected chi connectivity index (χ2v) is 4.44. The van der Waals surface area contributed by atoms with Crippen LogP contribution in [0.3, 0.4) is 0 Å². The quantitative estimate of drug-likeness (QED) is 0.790. The average molecular weight is 221 g/mol. The molecule has 3 N–H and O–H groups in total. The standard InChI is InChI=1S/C12H19N3O/c1-9(16)10-3-5-15(8-10)12-2-4-14-11(6-12)7-13/h2,4,6,9-10,16H,3,5,7-8,13H2,1H3. The fourth-order valence-corrected chi connectivity index (χ4v) is 2.19. The Balaban J connectivity index is 2.08. The number of aromatic nitrogens is 1. The van der Waals surface area contributed by atoms with Gasteiger partial charge in [0.1, 0.15) is 0 Å². The van der Waals surface area contributed by atoms with Crippen molar-refractivity contribution in [3.05, 3.63) is 24.0 Å². The van der Waals surface area contributed by atoms with E-state index < -0.39 is 0 Å². The lowest BCUT2D eigenvalue weighted by Gasteiger charge is -2.20. The molecule has 16 heavy (non-hydrogen) atoms. The van der Waals surface area contributed by atoms with Gasteiger partial charge in [-0.05, 0) is 25.5 Å². The first kappa shape index (κ1) is 11.4. The molecule has 2 unspecified atom stereocenters. The Morgan fingerprint density at radius 3 is 3.12 bits per heavy atom. The van der Waals surface area contributed by atoms with Crippen LogP contribution < -0.4 is 10.6 Å². The number of rotatable bonds is 3. The Morgan fingerprint density at radius 1 is 1.69 bits per heavy atom. The summed E-state index contributed by atoms with van der Waals surface area (Å²) in [6.07, 6.45) is 2.63. The van der Waals surface area contributed by atoms with Gasteiger partial charge in [0.25, 0.3) is 0 Å². The number of aliphatic hydroxyl groups is 1. The van der Waals surface area contributed by atoms with E-state index in [0.29, 0.717) is 12.5 Å². The third kappa shape index (κ3) is 2.33. The van der Waals surface area contributed by atoms with E-state index >= 15 is 0 Å². The Labute approximate surface area is 96.1 Å². The van der Waals surface area contributed by atoms with Gasteiger partial charge in [0.05, 0.1) is 11.8 Å². The first-order valence-electron chi connectivity index (χ1n) is 5.78. The largest absolute Gasteiger partial charge is 0.393 e. The van der Waals surface area contributed by atoms with Crippen LogP contribution in [0.15, 0.2) is 18.3 Å². The van der Waals surface area contributed by atoms with Gasteiger partial charge in [0.2, 0.25) is 0 Å². The van der Waals surface area contributed by atoms with Gasteiger partial charge in [0.15, 0.2) is 0 Å². The predicted octanol–water partition coefficient (Wildman–Crippen LogP) is 0.747. The normalized spacial score (nSPS) is 22.4. The average Bonchev–Trinajstić information content (AvgIpc) is 2.78. The molecule has 2 heterocycles. The molecule has 1 aliphatic heterocycles. The lowest BCUT2D eigenvalue weighted by molar-refractivity contribution is 0.136. The van der Waals surface area contributed by atoms with Crippen LogP contribution in [0, 0.1) is 5.92 Å². The maximum Gasteiger partial charge on any atom is 0.0560 e. The van der Waals surface area contributed by atoms with Crippen molar-refractivity contribution in [2.45, 2.75) is 26.0 Å². The summed E-state index contributed by atoms with van der Waals surface area (Å²) in [4.78, 5) is 6.47. The maximum absolute atomic E-state index is 9.56. The number of anilines is 1. The van der Waals surface area contributed by atoms with E-state index in [1.807, 2.05) is 19.1 Å². The Kier molecular flexibility index (Phi) is 3.41. The van der Waals surface area contributed by atoms with E-state index in [1.165, 1.54) is 5.69 Å². The molecule has 2 rings (SSSR count). The zero-order valence-electron chi connectivity index (χ0n) is 9.63. The topological polar surface area (TPSA) is 62.4 Å². The van der Waals surface area contributed by atoms with Crippen LogP contribution in [-0.2, 0) is 6.54 Å². The highest BCUT2D eigenvalue weighted by Gasteiger charge is 2.26. The molecule has 1 aromatic heterocycles. The lowest BCUT2D eigenvalue weighted by Crippen LogP contribution is -2.24. The van der Waals surface area contributed by atoms with Crippen molar-refractivity contribution in [3.63, 3.8) is 0 Å². The van der Waals surface area contributed by atoms with Gasteiger partial charge >= 0.3 is 0 Å². The molecule has 4 nitrogen and oxygen atoms in total. The van der Waals surface area contributed by atoms with Crippen molar-refractivity contribution >= 4 is 5.69 Å². The monoisotopic (exact) mass is 221 g/mol. The van der Waals surface area contributed by atoms with E-state index in [-0.39, 0.29) is 6.10 Å². The van der Waals surface area contributed by atoms with Crippen molar-refractivity contribution < 1.29 is 5.11 Å². The number of nitrogens with two attached hydrogens (primary N) is 1. The van der Waals surface area contributed by atoms with E-state index in [4.69, 9.17) is 5.73 Å². The summed E-state index contributed by atoms with van der Waals surface area (Å²) in [6.45, 7) is 4.27. The lowest BCUT2D eigenvalue weighted by atomic mass is 10.0. The van der Waals surface area contributed by atoms with Gasteiger partial charge in [-0.2, -0.15) is 0 Å². The van der Waals surface area contributed by atoms with Crippen LogP contribution in [0.4, 0.5) is 5.69 Å². The van der Waals surface area contributed by atoms with E-state index in [0.717, 1.165) is 25.2 Å². The molecule has 0 aromatic carbocycles. The molecular formula is C12H19N3O. The zero-order valence-corrected chi connectivity index (χ0v) is 9.63. The highest BCUT2D eigenvalue weighted by molar-refractivity contribution is 5.47. The molecule has 0 saturated carbocycles. The fourth-order valence-electron chi connectivity index (χ4n) is 2.19. The molecule has 0 aliphatic carbocycles. The minimum Gasteiger partial charge on any atom is -0.393 e. The van der Waals surface area contributed by atoms with E-state index in [2.05, 4.69) is 9.88 Å². The number of hydrogen-bond acceptors (Lipinski definition) is 4. The molecule has 0 spiro atoms. The number of aliphatic hydroxyl groups excluding tert-OH is 1. The number of hydrogen-bond donors (Lipinski definition) is 2. The van der Waals surface area contributed by atoms with Crippen molar-refractivity contribution in [1.29, 1.82) is 0 Å². The molecule has 4 heteroatoms. The summed E-state index contributed by atoms with van der Waals surface area (Å²) in [5.41, 5.74) is 7.65. The van der Waals surface area contributed by atoms with Crippen LogP contribution in [0.1, 0.15) is 19.0 Å². The minimum absolute atomic E-state index is 0.221. The highest BCUT2D eigenvalue weighted by Crippen LogP contribution is 2.25. The third-order valence-electron chi connectivity index (χ3n) is 3.28. The van der Waals surface area contributed by atoms with Crippen molar-refractivity contribution in [2.24, 2.45) is 11.7 Å². The molecular weight excluding hydrogens is 202 g/mol. The van der Waals surface area contributed by atoms with Gasteiger partial charge in [-0.15, -0.1) is 0 Å². The van der Waals surface area contributed by atoms with Crippen molar-refractivity contribution in [3.8, 4) is 0 Å². The zero-order chi connectivity index (χ0) is 11.5. The SMILES string of the molecule is CC(O)C1CCN(c2ccnc(CN)c2)C1. The van der Waals surface area contributed by atoms with Crippen LogP contribution in [-0.4, -0.2) is 29.3 Å². The van der Waals surface area contributed by atoms with E-state index in [1.54, 1.807) is 6.20 Å². The molecule has 88 valence electrons. The minimum atomic E-state index is -0.221. The Morgan fingerprint density at radius 2 is 2.50 bits per heavy atom. The van der Waals surface area contributed by atoms with Gasteiger partial charge < -0.3 is 15.7 Å². The number of pyridine rings is 1. The summed E-state index contributed by atoms with van der Waals surface area (Å²) in [5.74, 6) is 0.384. The predicted molar refractivity (Wildman–Crippen MR) is 64.1 cm³/mol. The summed E-state index contributed by atoms with van der Waals surface area (Å²) < 4.78 is 0. The Hall–Kier alpha value is -1.13. The number of nitrogens with zero attached hydrogens (tertiary/aromatic N) is 2. The van der Waals surface area contributed by atoms with Gasteiger partial charge in [-0.25, -0.2) is 0 Å². The molecule has 0 bridgehead atoms. The van der Waals surface area contributed by atoms with Crippen molar-refractivity contribution in [2.75, 3.05) is 18.0 Å². The molecule has 0 amide bonds. The fraction of sp³-hybridized carbons (Fsp3) is 0.583. The third-order valence-corrected chi connectivity index (χ3v) is 3.28. The molecule has 1 fully saturated rings. The van der Waals surface area contributed by atoms with Crippen LogP contribution in [0.5, 0.6) is 0 Å². The van der Waals surface area contributed by atoms with Gasteiger partial charge in [-0.1, -0.05) is 0 Å². The smallest absolute Gasteiger partial charge is 0.0560 e. The molecule has 0 radical (unpaired) electrons. The molecule has 1 aromatic rings. The summed E-state index contributed by atoms with van der Waals surface area (Å²) in [6, 6.07) is 4.04. The first-order valence-corrected chi connectivity index (χ1v) is 5.78. The van der Waals surface area contributed by atoms with Crippen LogP contribution in [0.25, 0.3) is 0 Å². The maximum atomic E-state index is 9.56. The summed E-state index contributed by atoms with van der Waals surface area (Å²) in [5, 5.41) is 9.56. The molecule has 2 atom stereocenters. The van der Waals surface area contributed by atoms with Crippen LogP contribution >= 0.6 is 0 Å². The van der Waals surface area contributed by atoms with Crippen molar-refractivity contribution in [1.82, 2.24) is 4.98 Å². The Bertz CT molecular complexity index is 354. The van der Waals surface area contributed by atoms with E-state index in [9.17, 15) is 5.11 Å². The molecule has 1 aliphatic rings. The second kappa shape index (κ2) is 4.80. The van der Waals surface area contributed by atoms with Gasteiger partial charge in [-0.3, -0.25) is 4.98 Å². The first-order chi connectivity index (χ1) is 7.70. The van der Waals surface area contributed by atoms with Gasteiger partial charge in [0, 0.05) is 37.4 Å². The van der Waals surface area contributed by atoms with Crippen LogP contribution in [0.2, 0.25) is 0 Å². The summed E-state index contributed by atoms with van der Waals surface area (Å²) in [7, 11) is 0. The second-order valence-electron chi connectivity index (χ2n) is 4.44. The highest BCUT2D eigenvalue weighted by atomic mass is 16.3. The summed E-state index contributed by atoms with van der Waals surface area (Å²) >= 11 is 0.